The van der Waals surface area contributed by atoms with Crippen LogP contribution in [0, 0.1) is 20.8 Å². The molecular formula is C10H15N4OP. The number of imidazole rings is 1. The van der Waals surface area contributed by atoms with E-state index < -0.39 is 0 Å². The summed E-state index contributed by atoms with van der Waals surface area (Å²) in [4.78, 5) is 13.1. The van der Waals surface area contributed by atoms with E-state index in [9.17, 15) is 0 Å². The van der Waals surface area contributed by atoms with Crippen molar-refractivity contribution >= 4 is 20.4 Å². The molecule has 16 heavy (non-hydrogen) atoms. The molecule has 6 heteroatoms. The van der Waals surface area contributed by atoms with Gasteiger partial charge in [0.05, 0.1) is 12.0 Å². The molecule has 0 amide bonds. The lowest BCUT2D eigenvalue weighted by Crippen LogP contribution is -2.05. The Labute approximate surface area is 96.5 Å². The zero-order valence-electron chi connectivity index (χ0n) is 9.69. The van der Waals surface area contributed by atoms with Gasteiger partial charge in [-0.25, -0.2) is 15.0 Å². The van der Waals surface area contributed by atoms with Gasteiger partial charge in [-0.05, 0) is 20.8 Å². The van der Waals surface area contributed by atoms with Crippen molar-refractivity contribution in [3.8, 4) is 0 Å². The summed E-state index contributed by atoms with van der Waals surface area (Å²) in [6, 6.07) is 0. The predicted octanol–water partition coefficient (Wildman–Crippen LogP) is 1.56. The standard InChI is InChI=1S/C10H15N4OP/c1-6-9-10(12-7(2)11-6)13-8(3)14(9)4-15-5-16/h4-5,16H2,1-3H3. The number of aryl methyl sites for hydroxylation is 3. The Morgan fingerprint density at radius 2 is 1.94 bits per heavy atom. The Morgan fingerprint density at radius 1 is 1.19 bits per heavy atom. The summed E-state index contributed by atoms with van der Waals surface area (Å²) in [5, 5.41) is 0. The van der Waals surface area contributed by atoms with E-state index in [2.05, 4.69) is 24.2 Å². The van der Waals surface area contributed by atoms with E-state index in [4.69, 9.17) is 4.74 Å². The molecule has 1 atom stereocenters. The van der Waals surface area contributed by atoms with Crippen molar-refractivity contribution in [1.29, 1.82) is 0 Å². The minimum absolute atomic E-state index is 0.485. The molecule has 2 aromatic heterocycles. The Kier molecular flexibility index (Phi) is 3.17. The lowest BCUT2D eigenvalue weighted by atomic mass is 10.4. The molecule has 0 aliphatic carbocycles. The highest BCUT2D eigenvalue weighted by Gasteiger charge is 2.12. The summed E-state index contributed by atoms with van der Waals surface area (Å²) >= 11 is 0. The van der Waals surface area contributed by atoms with Crippen LogP contribution in [0.1, 0.15) is 17.3 Å². The van der Waals surface area contributed by atoms with Crippen LogP contribution in [-0.2, 0) is 11.5 Å². The van der Waals surface area contributed by atoms with Crippen LogP contribution in [0.4, 0.5) is 0 Å². The van der Waals surface area contributed by atoms with Crippen LogP contribution < -0.4 is 0 Å². The molecule has 0 N–H and O–H groups in total. The lowest BCUT2D eigenvalue weighted by molar-refractivity contribution is 0.118. The largest absolute Gasteiger partial charge is 0.357 e. The van der Waals surface area contributed by atoms with Crippen LogP contribution in [0.25, 0.3) is 11.2 Å². The van der Waals surface area contributed by atoms with Crippen molar-refractivity contribution in [3.63, 3.8) is 0 Å². The summed E-state index contributed by atoms with van der Waals surface area (Å²) in [6.45, 7) is 6.27. The second kappa shape index (κ2) is 4.44. The van der Waals surface area contributed by atoms with Crippen molar-refractivity contribution < 1.29 is 4.74 Å². The summed E-state index contributed by atoms with van der Waals surface area (Å²) in [7, 11) is 2.53. The smallest absolute Gasteiger partial charge is 0.181 e. The molecule has 0 fully saturated rings. The molecule has 0 aliphatic rings. The number of rotatable bonds is 3. The van der Waals surface area contributed by atoms with Crippen molar-refractivity contribution in [2.45, 2.75) is 27.5 Å². The normalized spacial score (nSPS) is 11.2. The van der Waals surface area contributed by atoms with Gasteiger partial charge >= 0.3 is 0 Å². The van der Waals surface area contributed by atoms with Crippen LogP contribution in [-0.4, -0.2) is 25.9 Å². The first-order valence-electron chi connectivity index (χ1n) is 5.09. The van der Waals surface area contributed by atoms with E-state index in [0.29, 0.717) is 13.1 Å². The Hall–Kier alpha value is -1.06. The van der Waals surface area contributed by atoms with Gasteiger partial charge in [-0.15, -0.1) is 9.24 Å². The molecule has 2 heterocycles. The highest BCUT2D eigenvalue weighted by Crippen LogP contribution is 2.17. The number of aromatic nitrogens is 4. The van der Waals surface area contributed by atoms with E-state index in [-0.39, 0.29) is 0 Å². The first kappa shape index (κ1) is 11.4. The van der Waals surface area contributed by atoms with Gasteiger partial charge in [0.15, 0.2) is 5.65 Å². The molecule has 0 spiro atoms. The molecule has 1 unspecified atom stereocenters. The van der Waals surface area contributed by atoms with Crippen LogP contribution in [0.2, 0.25) is 0 Å². The molecule has 2 aromatic rings. The van der Waals surface area contributed by atoms with Gasteiger partial charge in [0.2, 0.25) is 0 Å². The van der Waals surface area contributed by atoms with Gasteiger partial charge in [-0.1, -0.05) is 0 Å². The van der Waals surface area contributed by atoms with Gasteiger partial charge in [-0.2, -0.15) is 0 Å². The third-order valence-electron chi connectivity index (χ3n) is 2.42. The average Bonchev–Trinajstić information content (AvgIpc) is 2.51. The van der Waals surface area contributed by atoms with E-state index in [0.717, 1.165) is 28.5 Å². The van der Waals surface area contributed by atoms with Gasteiger partial charge in [0, 0.05) is 0 Å². The third kappa shape index (κ3) is 1.93. The molecule has 0 saturated carbocycles. The third-order valence-corrected chi connectivity index (χ3v) is 2.65. The SMILES string of the molecule is Cc1nc(C)c2c(n1)nc(C)n2COCP. The second-order valence-corrected chi connectivity index (χ2v) is 3.95. The summed E-state index contributed by atoms with van der Waals surface area (Å²) in [5.41, 5.74) is 2.65. The second-order valence-electron chi connectivity index (χ2n) is 3.62. The van der Waals surface area contributed by atoms with Crippen LogP contribution in [0.3, 0.4) is 0 Å². The first-order chi connectivity index (χ1) is 7.63. The fourth-order valence-corrected chi connectivity index (χ4v) is 1.87. The highest BCUT2D eigenvalue weighted by atomic mass is 31.0. The number of nitrogens with zero attached hydrogens (tertiary/aromatic N) is 4. The number of hydrogen-bond acceptors (Lipinski definition) is 4. The van der Waals surface area contributed by atoms with Gasteiger partial charge in [-0.3, -0.25) is 0 Å². The Bertz CT molecular complexity index is 523. The number of hydrogen-bond donors (Lipinski definition) is 0. The molecular weight excluding hydrogens is 223 g/mol. The van der Waals surface area contributed by atoms with E-state index in [1.807, 2.05) is 25.3 Å². The monoisotopic (exact) mass is 238 g/mol. The minimum atomic E-state index is 0.485. The van der Waals surface area contributed by atoms with Crippen LogP contribution in [0.5, 0.6) is 0 Å². The first-order valence-corrected chi connectivity index (χ1v) is 5.91. The predicted molar refractivity (Wildman–Crippen MR) is 65.2 cm³/mol. The fourth-order valence-electron chi connectivity index (χ4n) is 1.76. The molecule has 0 radical (unpaired) electrons. The fraction of sp³-hybridized carbons (Fsp3) is 0.500. The maximum atomic E-state index is 5.38. The molecule has 0 aromatic carbocycles. The Balaban J connectivity index is 2.59. The van der Waals surface area contributed by atoms with E-state index >= 15 is 0 Å². The average molecular weight is 238 g/mol. The molecule has 0 saturated heterocycles. The molecule has 5 nitrogen and oxygen atoms in total. The Morgan fingerprint density at radius 3 is 2.62 bits per heavy atom. The van der Waals surface area contributed by atoms with Crippen LogP contribution in [0.15, 0.2) is 0 Å². The number of fused-ring (bicyclic) bond motifs is 1. The zero-order valence-corrected chi connectivity index (χ0v) is 10.8. The van der Waals surface area contributed by atoms with Crippen molar-refractivity contribution in [3.05, 3.63) is 17.3 Å². The summed E-state index contributed by atoms with van der Waals surface area (Å²) < 4.78 is 7.38. The lowest BCUT2D eigenvalue weighted by Gasteiger charge is -2.07. The van der Waals surface area contributed by atoms with Gasteiger partial charge < -0.3 is 9.30 Å². The van der Waals surface area contributed by atoms with Crippen molar-refractivity contribution in [2.24, 2.45) is 0 Å². The molecule has 0 aliphatic heterocycles. The summed E-state index contributed by atoms with van der Waals surface area (Å²) in [6.07, 6.45) is 0.602. The molecule has 0 bridgehead atoms. The highest BCUT2D eigenvalue weighted by molar-refractivity contribution is 7.16. The van der Waals surface area contributed by atoms with Gasteiger partial charge in [0.25, 0.3) is 0 Å². The molecule has 2 rings (SSSR count). The maximum absolute atomic E-state index is 5.38. The minimum Gasteiger partial charge on any atom is -0.357 e. The van der Waals surface area contributed by atoms with Crippen molar-refractivity contribution in [2.75, 3.05) is 6.35 Å². The van der Waals surface area contributed by atoms with E-state index in [1.54, 1.807) is 0 Å². The zero-order chi connectivity index (χ0) is 11.7. The summed E-state index contributed by atoms with van der Waals surface area (Å²) in [5.74, 6) is 1.65. The number of ether oxygens (including phenoxy) is 1. The topological polar surface area (TPSA) is 52.8 Å². The van der Waals surface area contributed by atoms with E-state index in [1.165, 1.54) is 0 Å². The maximum Gasteiger partial charge on any atom is 0.181 e. The molecule has 86 valence electrons. The van der Waals surface area contributed by atoms with Crippen molar-refractivity contribution in [1.82, 2.24) is 19.5 Å². The quantitative estimate of drug-likeness (QED) is 0.761. The van der Waals surface area contributed by atoms with Crippen LogP contribution >= 0.6 is 9.24 Å². The van der Waals surface area contributed by atoms with Gasteiger partial charge in [0.1, 0.15) is 23.9 Å².